The molecule has 0 amide bonds. The predicted molar refractivity (Wildman–Crippen MR) is 86.4 cm³/mol. The molecule has 3 nitrogen and oxygen atoms in total. The molecule has 0 bridgehead atoms. The second-order valence-electron chi connectivity index (χ2n) is 5.27. The second-order valence-corrected chi connectivity index (χ2v) is 5.27. The Labute approximate surface area is 139 Å². The molecule has 0 atom stereocenters. The minimum atomic E-state index is -4.33. The van der Waals surface area contributed by atoms with Crippen molar-refractivity contribution in [3.05, 3.63) is 59.2 Å². The number of hydrogen-bond donors (Lipinski definition) is 1. The van der Waals surface area contributed by atoms with Crippen LogP contribution in [0.1, 0.15) is 16.7 Å². The molecular weight excluding hydrogens is 319 g/mol. The zero-order chi connectivity index (χ0) is 17.6. The molecule has 2 aromatic carbocycles. The van der Waals surface area contributed by atoms with E-state index in [4.69, 9.17) is 9.47 Å². The van der Waals surface area contributed by atoms with Crippen molar-refractivity contribution in [2.45, 2.75) is 19.1 Å². The van der Waals surface area contributed by atoms with Gasteiger partial charge in [0.15, 0.2) is 11.5 Å². The number of benzene rings is 2. The molecule has 0 saturated heterocycles. The average molecular weight is 339 g/mol. The Morgan fingerprint density at radius 1 is 0.958 bits per heavy atom. The first kappa shape index (κ1) is 18.1. The van der Waals surface area contributed by atoms with Crippen molar-refractivity contribution in [2.75, 3.05) is 20.8 Å². The molecule has 6 heteroatoms. The van der Waals surface area contributed by atoms with Crippen LogP contribution in [0.25, 0.3) is 0 Å². The van der Waals surface area contributed by atoms with Gasteiger partial charge in [0.25, 0.3) is 0 Å². The number of nitrogens with one attached hydrogen (secondary N) is 1. The SMILES string of the molecule is COc1ccc(CCNCc2ccccc2C(F)(F)F)cc1OC. The Morgan fingerprint density at radius 3 is 2.33 bits per heavy atom. The van der Waals surface area contributed by atoms with E-state index in [9.17, 15) is 13.2 Å². The summed E-state index contributed by atoms with van der Waals surface area (Å²) in [6.07, 6.45) is -3.66. The third-order valence-corrected chi connectivity index (χ3v) is 3.68. The Balaban J connectivity index is 1.92. The summed E-state index contributed by atoms with van der Waals surface area (Å²) in [5, 5.41) is 3.06. The lowest BCUT2D eigenvalue weighted by Gasteiger charge is -2.13. The summed E-state index contributed by atoms with van der Waals surface area (Å²) in [5.74, 6) is 1.28. The molecule has 2 aromatic rings. The first-order valence-electron chi connectivity index (χ1n) is 7.52. The van der Waals surface area contributed by atoms with Gasteiger partial charge in [-0.15, -0.1) is 0 Å². The summed E-state index contributed by atoms with van der Waals surface area (Å²) >= 11 is 0. The fourth-order valence-electron chi connectivity index (χ4n) is 2.44. The van der Waals surface area contributed by atoms with Crippen molar-refractivity contribution in [2.24, 2.45) is 0 Å². The van der Waals surface area contributed by atoms with E-state index in [1.165, 1.54) is 12.1 Å². The van der Waals surface area contributed by atoms with Crippen LogP contribution in [0.3, 0.4) is 0 Å². The number of methoxy groups -OCH3 is 2. The topological polar surface area (TPSA) is 30.5 Å². The number of alkyl halides is 3. The first-order chi connectivity index (χ1) is 11.5. The van der Waals surface area contributed by atoms with Crippen LogP contribution < -0.4 is 14.8 Å². The lowest BCUT2D eigenvalue weighted by atomic mass is 10.1. The van der Waals surface area contributed by atoms with Crippen LogP contribution in [0.2, 0.25) is 0 Å². The number of rotatable bonds is 7. The smallest absolute Gasteiger partial charge is 0.416 e. The van der Waals surface area contributed by atoms with Gasteiger partial charge in [-0.3, -0.25) is 0 Å². The molecule has 0 aliphatic carbocycles. The molecule has 0 heterocycles. The highest BCUT2D eigenvalue weighted by atomic mass is 19.4. The lowest BCUT2D eigenvalue weighted by Crippen LogP contribution is -2.19. The molecule has 0 radical (unpaired) electrons. The minimum Gasteiger partial charge on any atom is -0.493 e. The Hall–Kier alpha value is -2.21. The van der Waals surface area contributed by atoms with Gasteiger partial charge >= 0.3 is 6.18 Å². The molecule has 0 saturated carbocycles. The Bertz CT molecular complexity index is 672. The van der Waals surface area contributed by atoms with E-state index in [-0.39, 0.29) is 12.1 Å². The number of halogens is 3. The second kappa shape index (κ2) is 8.06. The van der Waals surface area contributed by atoms with Crippen molar-refractivity contribution in [1.82, 2.24) is 5.32 Å². The first-order valence-corrected chi connectivity index (χ1v) is 7.52. The molecule has 24 heavy (non-hydrogen) atoms. The van der Waals surface area contributed by atoms with Gasteiger partial charge in [-0.2, -0.15) is 13.2 Å². The van der Waals surface area contributed by atoms with Crippen LogP contribution in [0.4, 0.5) is 13.2 Å². The maximum atomic E-state index is 12.9. The largest absolute Gasteiger partial charge is 0.493 e. The summed E-state index contributed by atoms with van der Waals surface area (Å²) in [4.78, 5) is 0. The monoisotopic (exact) mass is 339 g/mol. The van der Waals surface area contributed by atoms with Gasteiger partial charge in [0.2, 0.25) is 0 Å². The molecule has 0 spiro atoms. The highest BCUT2D eigenvalue weighted by Crippen LogP contribution is 2.31. The van der Waals surface area contributed by atoms with Gasteiger partial charge < -0.3 is 14.8 Å². The van der Waals surface area contributed by atoms with E-state index >= 15 is 0 Å². The van der Waals surface area contributed by atoms with E-state index in [1.54, 1.807) is 20.3 Å². The molecule has 0 unspecified atom stereocenters. The molecule has 2 rings (SSSR count). The van der Waals surface area contributed by atoms with Crippen LogP contribution in [-0.4, -0.2) is 20.8 Å². The van der Waals surface area contributed by atoms with Gasteiger partial charge in [-0.25, -0.2) is 0 Å². The Morgan fingerprint density at radius 2 is 1.67 bits per heavy atom. The van der Waals surface area contributed by atoms with Crippen LogP contribution >= 0.6 is 0 Å². The summed E-state index contributed by atoms with van der Waals surface area (Å²) in [6, 6.07) is 11.2. The maximum absolute atomic E-state index is 12.9. The average Bonchev–Trinajstić information content (AvgIpc) is 2.58. The Kier molecular flexibility index (Phi) is 6.09. The quantitative estimate of drug-likeness (QED) is 0.772. The highest BCUT2D eigenvalue weighted by molar-refractivity contribution is 5.43. The summed E-state index contributed by atoms with van der Waals surface area (Å²) < 4.78 is 49.2. The fourth-order valence-corrected chi connectivity index (χ4v) is 2.44. The van der Waals surface area contributed by atoms with Crippen LogP contribution in [0.5, 0.6) is 11.5 Å². The van der Waals surface area contributed by atoms with Gasteiger partial charge in [-0.1, -0.05) is 24.3 Å². The van der Waals surface area contributed by atoms with Gasteiger partial charge in [0.1, 0.15) is 0 Å². The van der Waals surface area contributed by atoms with Crippen molar-refractivity contribution in [3.63, 3.8) is 0 Å². The van der Waals surface area contributed by atoms with Crippen molar-refractivity contribution in [1.29, 1.82) is 0 Å². The number of ether oxygens (including phenoxy) is 2. The van der Waals surface area contributed by atoms with Crippen LogP contribution in [0, 0.1) is 0 Å². The van der Waals surface area contributed by atoms with Crippen molar-refractivity contribution >= 4 is 0 Å². The summed E-state index contributed by atoms with van der Waals surface area (Å²) in [7, 11) is 3.13. The normalized spacial score (nSPS) is 11.4. The summed E-state index contributed by atoms with van der Waals surface area (Å²) in [5.41, 5.74) is 0.671. The van der Waals surface area contributed by atoms with E-state index < -0.39 is 11.7 Å². The molecule has 1 N–H and O–H groups in total. The fraction of sp³-hybridized carbons (Fsp3) is 0.333. The van der Waals surface area contributed by atoms with Crippen molar-refractivity contribution in [3.8, 4) is 11.5 Å². The van der Waals surface area contributed by atoms with Crippen molar-refractivity contribution < 1.29 is 22.6 Å². The van der Waals surface area contributed by atoms with E-state index in [0.29, 0.717) is 24.5 Å². The van der Waals surface area contributed by atoms with Gasteiger partial charge in [0.05, 0.1) is 19.8 Å². The van der Waals surface area contributed by atoms with E-state index in [1.807, 2.05) is 18.2 Å². The third kappa shape index (κ3) is 4.64. The van der Waals surface area contributed by atoms with Crippen LogP contribution in [-0.2, 0) is 19.1 Å². The zero-order valence-corrected chi connectivity index (χ0v) is 13.6. The standard InChI is InChI=1S/C18H20F3NO2/c1-23-16-8-7-13(11-17(16)24-2)9-10-22-12-14-5-3-4-6-15(14)18(19,20)21/h3-8,11,22H,9-10,12H2,1-2H3. The van der Waals surface area contributed by atoms with Crippen LogP contribution in [0.15, 0.2) is 42.5 Å². The lowest BCUT2D eigenvalue weighted by molar-refractivity contribution is -0.138. The number of hydrogen-bond acceptors (Lipinski definition) is 3. The van der Waals surface area contributed by atoms with E-state index in [0.717, 1.165) is 11.6 Å². The molecule has 0 aromatic heterocycles. The zero-order valence-electron chi connectivity index (χ0n) is 13.6. The minimum absolute atomic E-state index is 0.170. The van der Waals surface area contributed by atoms with E-state index in [2.05, 4.69) is 5.32 Å². The molecule has 0 fully saturated rings. The molecule has 0 aliphatic heterocycles. The molecular formula is C18H20F3NO2. The third-order valence-electron chi connectivity index (χ3n) is 3.68. The van der Waals surface area contributed by atoms with Gasteiger partial charge in [-0.05, 0) is 42.3 Å². The molecule has 0 aliphatic rings. The predicted octanol–water partition coefficient (Wildman–Crippen LogP) is 4.05. The van der Waals surface area contributed by atoms with Gasteiger partial charge in [0, 0.05) is 6.54 Å². The summed E-state index contributed by atoms with van der Waals surface area (Å²) in [6.45, 7) is 0.727. The highest BCUT2D eigenvalue weighted by Gasteiger charge is 2.32. The molecule has 130 valence electrons. The maximum Gasteiger partial charge on any atom is 0.416 e.